The summed E-state index contributed by atoms with van der Waals surface area (Å²) in [6.07, 6.45) is 0.0921. The number of alkyl halides is 3. The van der Waals surface area contributed by atoms with E-state index in [1.165, 1.54) is 12.3 Å². The first kappa shape index (κ1) is 11.6. The minimum absolute atomic E-state index is 0.0364. The van der Waals surface area contributed by atoms with Gasteiger partial charge in [0.05, 0.1) is 6.10 Å². The number of nitrogens with zero attached hydrogens (tertiary/aromatic N) is 1. The standard InChI is InChI=1S/C10H10F3NOS/c1-16-9-8(10(11,12)13)7(4-5-14-9)15-6-2-3-6/h4-6H,2-3H2,1H3. The lowest BCUT2D eigenvalue weighted by Gasteiger charge is -2.15. The Morgan fingerprint density at radius 1 is 1.44 bits per heavy atom. The van der Waals surface area contributed by atoms with Crippen molar-refractivity contribution in [1.82, 2.24) is 4.98 Å². The van der Waals surface area contributed by atoms with Crippen molar-refractivity contribution in [3.05, 3.63) is 17.8 Å². The molecular formula is C10H10F3NOS. The summed E-state index contributed by atoms with van der Waals surface area (Å²) in [5.74, 6) is -0.102. The molecule has 1 aliphatic rings. The summed E-state index contributed by atoms with van der Waals surface area (Å²) >= 11 is 0.973. The zero-order chi connectivity index (χ0) is 11.8. The largest absolute Gasteiger partial charge is 0.490 e. The Morgan fingerprint density at radius 2 is 2.12 bits per heavy atom. The van der Waals surface area contributed by atoms with Crippen LogP contribution in [0.4, 0.5) is 13.2 Å². The van der Waals surface area contributed by atoms with Gasteiger partial charge in [-0.05, 0) is 25.2 Å². The van der Waals surface area contributed by atoms with Crippen molar-refractivity contribution < 1.29 is 17.9 Å². The summed E-state index contributed by atoms with van der Waals surface area (Å²) in [4.78, 5) is 3.71. The molecule has 1 aromatic rings. The maximum absolute atomic E-state index is 12.8. The average Bonchev–Trinajstić information content (AvgIpc) is 2.99. The van der Waals surface area contributed by atoms with Crippen molar-refractivity contribution in [2.24, 2.45) is 0 Å². The molecule has 0 bridgehead atoms. The fourth-order valence-electron chi connectivity index (χ4n) is 1.31. The molecule has 0 saturated heterocycles. The summed E-state index contributed by atoms with van der Waals surface area (Å²) < 4.78 is 43.8. The summed E-state index contributed by atoms with van der Waals surface area (Å²) in [7, 11) is 0. The molecule has 0 radical (unpaired) electrons. The van der Waals surface area contributed by atoms with E-state index < -0.39 is 11.7 Å². The molecule has 0 unspecified atom stereocenters. The van der Waals surface area contributed by atoms with Crippen molar-refractivity contribution in [3.63, 3.8) is 0 Å². The first-order chi connectivity index (χ1) is 7.52. The second-order valence-corrected chi connectivity index (χ2v) is 4.30. The SMILES string of the molecule is CSc1nccc(OC2CC2)c1C(F)(F)F. The van der Waals surface area contributed by atoms with Crippen LogP contribution in [-0.2, 0) is 6.18 Å². The molecule has 0 aliphatic heterocycles. The Balaban J connectivity index is 2.41. The zero-order valence-electron chi connectivity index (χ0n) is 8.54. The van der Waals surface area contributed by atoms with E-state index in [1.807, 2.05) is 0 Å². The molecule has 1 heterocycles. The van der Waals surface area contributed by atoms with Crippen molar-refractivity contribution in [2.45, 2.75) is 30.1 Å². The number of hydrogen-bond acceptors (Lipinski definition) is 3. The number of rotatable bonds is 3. The Labute approximate surface area is 95.2 Å². The summed E-state index contributed by atoms with van der Waals surface area (Å²) in [6.45, 7) is 0. The van der Waals surface area contributed by atoms with E-state index in [1.54, 1.807) is 6.26 Å². The van der Waals surface area contributed by atoms with Crippen LogP contribution in [-0.4, -0.2) is 17.3 Å². The molecule has 1 saturated carbocycles. The van der Waals surface area contributed by atoms with E-state index in [2.05, 4.69) is 4.98 Å². The Bertz CT molecular complexity index is 390. The van der Waals surface area contributed by atoms with Crippen LogP contribution in [0.2, 0.25) is 0 Å². The summed E-state index contributed by atoms with van der Waals surface area (Å²) in [6, 6.07) is 1.28. The third kappa shape index (κ3) is 2.42. The Kier molecular flexibility index (Phi) is 3.01. The van der Waals surface area contributed by atoms with Crippen LogP contribution in [0.3, 0.4) is 0 Å². The molecule has 1 aliphatic carbocycles. The van der Waals surface area contributed by atoms with Gasteiger partial charge in [-0.15, -0.1) is 11.8 Å². The number of halogens is 3. The van der Waals surface area contributed by atoms with Gasteiger partial charge in [0.15, 0.2) is 0 Å². The van der Waals surface area contributed by atoms with Gasteiger partial charge in [0.1, 0.15) is 16.3 Å². The van der Waals surface area contributed by atoms with Crippen molar-refractivity contribution in [1.29, 1.82) is 0 Å². The van der Waals surface area contributed by atoms with Gasteiger partial charge in [-0.3, -0.25) is 0 Å². The minimum Gasteiger partial charge on any atom is -0.490 e. The molecule has 0 atom stereocenters. The molecule has 16 heavy (non-hydrogen) atoms. The van der Waals surface area contributed by atoms with Crippen LogP contribution in [0, 0.1) is 0 Å². The van der Waals surface area contributed by atoms with Gasteiger partial charge in [0, 0.05) is 6.20 Å². The zero-order valence-corrected chi connectivity index (χ0v) is 9.36. The molecule has 0 amide bonds. The monoisotopic (exact) mass is 249 g/mol. The predicted octanol–water partition coefficient (Wildman–Crippen LogP) is 3.36. The lowest BCUT2D eigenvalue weighted by Crippen LogP contribution is -2.12. The molecule has 0 aromatic carbocycles. The highest BCUT2D eigenvalue weighted by Gasteiger charge is 2.39. The lowest BCUT2D eigenvalue weighted by molar-refractivity contribution is -0.141. The third-order valence-corrected chi connectivity index (χ3v) is 2.87. The average molecular weight is 249 g/mol. The van der Waals surface area contributed by atoms with Crippen LogP contribution < -0.4 is 4.74 Å². The number of aromatic nitrogens is 1. The smallest absolute Gasteiger partial charge is 0.422 e. The second kappa shape index (κ2) is 4.16. The van der Waals surface area contributed by atoms with Crippen molar-refractivity contribution >= 4 is 11.8 Å². The highest BCUT2D eigenvalue weighted by atomic mass is 32.2. The van der Waals surface area contributed by atoms with E-state index >= 15 is 0 Å². The summed E-state index contributed by atoms with van der Waals surface area (Å²) in [5, 5.41) is -0.0364. The van der Waals surface area contributed by atoms with Gasteiger partial charge < -0.3 is 4.74 Å². The van der Waals surface area contributed by atoms with Crippen LogP contribution in [0.15, 0.2) is 17.3 Å². The first-order valence-electron chi connectivity index (χ1n) is 4.79. The second-order valence-electron chi connectivity index (χ2n) is 3.51. The number of ether oxygens (including phenoxy) is 1. The molecule has 1 aromatic heterocycles. The maximum Gasteiger partial charge on any atom is 0.422 e. The van der Waals surface area contributed by atoms with E-state index in [9.17, 15) is 13.2 Å². The van der Waals surface area contributed by atoms with Gasteiger partial charge in [-0.25, -0.2) is 4.98 Å². The van der Waals surface area contributed by atoms with E-state index in [4.69, 9.17) is 4.74 Å². The normalized spacial score (nSPS) is 16.2. The van der Waals surface area contributed by atoms with E-state index in [-0.39, 0.29) is 16.9 Å². The maximum atomic E-state index is 12.8. The van der Waals surface area contributed by atoms with Crippen LogP contribution >= 0.6 is 11.8 Å². The Hall–Kier alpha value is -0.910. The number of hydrogen-bond donors (Lipinski definition) is 0. The molecule has 2 nitrogen and oxygen atoms in total. The van der Waals surface area contributed by atoms with E-state index in [0.29, 0.717) is 0 Å². The molecule has 0 N–H and O–H groups in total. The van der Waals surface area contributed by atoms with Gasteiger partial charge in [-0.2, -0.15) is 13.2 Å². The highest BCUT2D eigenvalue weighted by molar-refractivity contribution is 7.98. The van der Waals surface area contributed by atoms with Gasteiger partial charge >= 0.3 is 6.18 Å². The predicted molar refractivity (Wildman–Crippen MR) is 54.7 cm³/mol. The van der Waals surface area contributed by atoms with E-state index in [0.717, 1.165) is 24.6 Å². The molecule has 2 rings (SSSR count). The van der Waals surface area contributed by atoms with Crippen LogP contribution in [0.1, 0.15) is 18.4 Å². The fourth-order valence-corrected chi connectivity index (χ4v) is 1.89. The topological polar surface area (TPSA) is 22.1 Å². The quantitative estimate of drug-likeness (QED) is 0.767. The fraction of sp³-hybridized carbons (Fsp3) is 0.500. The first-order valence-corrected chi connectivity index (χ1v) is 6.01. The molecule has 88 valence electrons. The van der Waals surface area contributed by atoms with Crippen molar-refractivity contribution in [2.75, 3.05) is 6.26 Å². The Morgan fingerprint density at radius 3 is 2.62 bits per heavy atom. The van der Waals surface area contributed by atoms with Crippen LogP contribution in [0.5, 0.6) is 5.75 Å². The molecular weight excluding hydrogens is 239 g/mol. The number of pyridine rings is 1. The lowest BCUT2D eigenvalue weighted by atomic mass is 10.2. The highest BCUT2D eigenvalue weighted by Crippen LogP contribution is 2.42. The number of thioether (sulfide) groups is 1. The molecule has 1 fully saturated rings. The van der Waals surface area contributed by atoms with Crippen molar-refractivity contribution in [3.8, 4) is 5.75 Å². The van der Waals surface area contributed by atoms with Gasteiger partial charge in [0.25, 0.3) is 0 Å². The van der Waals surface area contributed by atoms with Crippen LogP contribution in [0.25, 0.3) is 0 Å². The molecule has 0 spiro atoms. The van der Waals surface area contributed by atoms with Gasteiger partial charge in [-0.1, -0.05) is 0 Å². The van der Waals surface area contributed by atoms with Gasteiger partial charge in [0.2, 0.25) is 0 Å². The molecule has 6 heteroatoms. The summed E-state index contributed by atoms with van der Waals surface area (Å²) in [5.41, 5.74) is -0.755. The minimum atomic E-state index is -4.42. The third-order valence-electron chi connectivity index (χ3n) is 2.17.